The Morgan fingerprint density at radius 1 is 0.917 bits per heavy atom. The number of carbonyl (C=O) groups is 2. The van der Waals surface area contributed by atoms with Crippen molar-refractivity contribution in [1.82, 2.24) is 19.6 Å². The molecule has 1 saturated heterocycles. The van der Waals surface area contributed by atoms with Gasteiger partial charge >= 0.3 is 6.18 Å². The molecule has 2 aromatic carbocycles. The first-order valence-corrected chi connectivity index (χ1v) is 11.5. The van der Waals surface area contributed by atoms with E-state index >= 15 is 0 Å². The van der Waals surface area contributed by atoms with Gasteiger partial charge < -0.3 is 9.80 Å². The first kappa shape index (κ1) is 25.2. The van der Waals surface area contributed by atoms with E-state index in [9.17, 15) is 27.6 Å². The van der Waals surface area contributed by atoms with Gasteiger partial charge in [-0.15, -0.1) is 0 Å². The van der Waals surface area contributed by atoms with Gasteiger partial charge in [0.25, 0.3) is 11.8 Å². The molecule has 0 saturated carbocycles. The third kappa shape index (κ3) is 5.17. The van der Waals surface area contributed by atoms with E-state index in [1.165, 1.54) is 30.0 Å². The highest BCUT2D eigenvalue weighted by Gasteiger charge is 2.31. The second-order valence-corrected chi connectivity index (χ2v) is 8.59. The van der Waals surface area contributed by atoms with Crippen LogP contribution < -0.4 is 5.43 Å². The second-order valence-electron chi connectivity index (χ2n) is 8.59. The highest BCUT2D eigenvalue weighted by atomic mass is 19.4. The summed E-state index contributed by atoms with van der Waals surface area (Å²) >= 11 is 0. The van der Waals surface area contributed by atoms with Crippen molar-refractivity contribution in [2.75, 3.05) is 26.2 Å². The third-order valence-electron chi connectivity index (χ3n) is 6.19. The minimum absolute atomic E-state index is 0.0842. The molecule has 1 fully saturated rings. The number of benzene rings is 2. The Hall–Kier alpha value is -3.95. The molecule has 0 radical (unpaired) electrons. The number of carbonyl (C=O) groups excluding carboxylic acids is 2. The molecule has 7 nitrogen and oxygen atoms in total. The van der Waals surface area contributed by atoms with Gasteiger partial charge in [0.1, 0.15) is 0 Å². The lowest BCUT2D eigenvalue weighted by Gasteiger charge is -2.34. The molecule has 1 aliphatic heterocycles. The molecule has 0 aliphatic carbocycles. The molecule has 0 spiro atoms. The maximum absolute atomic E-state index is 13.2. The lowest BCUT2D eigenvalue weighted by molar-refractivity contribution is -0.137. The summed E-state index contributed by atoms with van der Waals surface area (Å²) in [7, 11) is 0. The molecule has 1 aromatic heterocycles. The standard InChI is InChI=1S/C26H25F3N4O3/c1-3-18-7-9-19(10-8-18)24(35)31-11-13-32(14-12-31)25(36)23-22(34)15-17(2)33(30-23)21-6-4-5-20(16-21)26(27,28)29/h4-10,15-16H,3,11-14H2,1-2H3. The summed E-state index contributed by atoms with van der Waals surface area (Å²) in [6.07, 6.45) is -3.67. The highest BCUT2D eigenvalue weighted by Crippen LogP contribution is 2.30. The first-order valence-electron chi connectivity index (χ1n) is 11.5. The van der Waals surface area contributed by atoms with Crippen molar-refractivity contribution in [2.45, 2.75) is 26.4 Å². The number of hydrogen-bond donors (Lipinski definition) is 0. The van der Waals surface area contributed by atoms with Crippen molar-refractivity contribution in [3.05, 3.63) is 92.9 Å². The van der Waals surface area contributed by atoms with Gasteiger partial charge in [0.05, 0.1) is 11.3 Å². The molecule has 0 atom stereocenters. The van der Waals surface area contributed by atoms with Gasteiger partial charge in [-0.2, -0.15) is 18.3 Å². The Labute approximate surface area is 205 Å². The maximum atomic E-state index is 13.2. The fraction of sp³-hybridized carbons (Fsp3) is 0.308. The molecule has 4 rings (SSSR count). The van der Waals surface area contributed by atoms with Crippen molar-refractivity contribution in [3.8, 4) is 5.69 Å². The van der Waals surface area contributed by atoms with Gasteiger partial charge in [-0.1, -0.05) is 25.1 Å². The lowest BCUT2D eigenvalue weighted by atomic mass is 10.1. The van der Waals surface area contributed by atoms with Gasteiger partial charge in [-0.05, 0) is 49.2 Å². The predicted molar refractivity (Wildman–Crippen MR) is 127 cm³/mol. The monoisotopic (exact) mass is 498 g/mol. The largest absolute Gasteiger partial charge is 0.416 e. The smallest absolute Gasteiger partial charge is 0.335 e. The Morgan fingerprint density at radius 3 is 2.11 bits per heavy atom. The van der Waals surface area contributed by atoms with Gasteiger partial charge in [0.15, 0.2) is 5.69 Å². The van der Waals surface area contributed by atoms with Gasteiger partial charge in [0.2, 0.25) is 5.43 Å². The Balaban J connectivity index is 1.51. The van der Waals surface area contributed by atoms with Crippen LogP contribution in [-0.4, -0.2) is 57.6 Å². The van der Waals surface area contributed by atoms with Crippen LogP contribution in [0.25, 0.3) is 5.69 Å². The predicted octanol–water partition coefficient (Wildman–Crippen LogP) is 3.72. The zero-order chi connectivity index (χ0) is 26.0. The average Bonchev–Trinajstić information content (AvgIpc) is 2.88. The summed E-state index contributed by atoms with van der Waals surface area (Å²) in [6.45, 7) is 4.54. The molecular formula is C26H25F3N4O3. The molecule has 0 unspecified atom stereocenters. The quantitative estimate of drug-likeness (QED) is 0.550. The molecule has 2 heterocycles. The summed E-state index contributed by atoms with van der Waals surface area (Å²) in [5.74, 6) is -0.759. The van der Waals surface area contributed by atoms with Crippen molar-refractivity contribution in [1.29, 1.82) is 0 Å². The topological polar surface area (TPSA) is 75.5 Å². The number of alkyl halides is 3. The number of hydrogen-bond acceptors (Lipinski definition) is 4. The number of halogens is 3. The fourth-order valence-electron chi connectivity index (χ4n) is 4.10. The van der Waals surface area contributed by atoms with Crippen molar-refractivity contribution >= 4 is 11.8 Å². The zero-order valence-corrected chi connectivity index (χ0v) is 19.9. The number of piperazine rings is 1. The Kier molecular flexibility index (Phi) is 6.96. The van der Waals surface area contributed by atoms with E-state index < -0.39 is 23.1 Å². The number of amides is 2. The second kappa shape index (κ2) is 9.96. The summed E-state index contributed by atoms with van der Waals surface area (Å²) in [4.78, 5) is 41.6. The maximum Gasteiger partial charge on any atom is 0.416 e. The normalized spacial score (nSPS) is 14.1. The molecule has 36 heavy (non-hydrogen) atoms. The average molecular weight is 499 g/mol. The fourth-order valence-corrected chi connectivity index (χ4v) is 4.10. The molecule has 0 bridgehead atoms. The molecule has 0 N–H and O–H groups in total. The van der Waals surface area contributed by atoms with Crippen LogP contribution in [0.4, 0.5) is 13.2 Å². The lowest BCUT2D eigenvalue weighted by Crippen LogP contribution is -2.51. The van der Waals surface area contributed by atoms with E-state index in [1.807, 2.05) is 19.1 Å². The van der Waals surface area contributed by atoms with Gasteiger partial charge in [-0.25, -0.2) is 4.68 Å². The van der Waals surface area contributed by atoms with E-state index in [1.54, 1.807) is 17.0 Å². The van der Waals surface area contributed by atoms with Crippen LogP contribution in [0, 0.1) is 6.92 Å². The van der Waals surface area contributed by atoms with Crippen molar-refractivity contribution < 1.29 is 22.8 Å². The number of rotatable bonds is 4. The summed E-state index contributed by atoms with van der Waals surface area (Å²) in [5, 5.41) is 4.12. The van der Waals surface area contributed by atoms with Crippen LogP contribution in [0.15, 0.2) is 59.4 Å². The Bertz CT molecular complexity index is 1340. The number of aromatic nitrogens is 2. The summed E-state index contributed by atoms with van der Waals surface area (Å²) < 4.78 is 40.6. The molecule has 2 amide bonds. The summed E-state index contributed by atoms with van der Waals surface area (Å²) in [6, 6.07) is 13.1. The first-order chi connectivity index (χ1) is 17.1. The molecule has 188 valence electrons. The Morgan fingerprint density at radius 2 is 1.53 bits per heavy atom. The van der Waals surface area contributed by atoms with E-state index in [2.05, 4.69) is 5.10 Å². The van der Waals surface area contributed by atoms with Gasteiger partial charge in [0, 0.05) is 43.5 Å². The summed E-state index contributed by atoms with van der Waals surface area (Å²) in [5.41, 5.74) is 0.210. The minimum Gasteiger partial charge on any atom is -0.335 e. The van der Waals surface area contributed by atoms with Crippen LogP contribution in [0.3, 0.4) is 0 Å². The molecule has 1 aliphatic rings. The van der Waals surface area contributed by atoms with Crippen LogP contribution in [0.2, 0.25) is 0 Å². The van der Waals surface area contributed by atoms with Crippen molar-refractivity contribution in [3.63, 3.8) is 0 Å². The third-order valence-corrected chi connectivity index (χ3v) is 6.19. The van der Waals surface area contributed by atoms with Crippen LogP contribution in [0.1, 0.15) is 44.6 Å². The van der Waals surface area contributed by atoms with E-state index in [4.69, 9.17) is 0 Å². The number of aryl methyl sites for hydroxylation is 2. The minimum atomic E-state index is -4.54. The zero-order valence-electron chi connectivity index (χ0n) is 19.9. The van der Waals surface area contributed by atoms with Crippen LogP contribution in [-0.2, 0) is 12.6 Å². The van der Waals surface area contributed by atoms with Crippen LogP contribution >= 0.6 is 0 Å². The van der Waals surface area contributed by atoms with Crippen LogP contribution in [0.5, 0.6) is 0 Å². The SMILES string of the molecule is CCc1ccc(C(=O)N2CCN(C(=O)c3nn(-c4cccc(C(F)(F)F)c4)c(C)cc3=O)CC2)cc1. The van der Waals surface area contributed by atoms with E-state index in [0.717, 1.165) is 28.8 Å². The van der Waals surface area contributed by atoms with E-state index in [-0.39, 0.29) is 43.5 Å². The van der Waals surface area contributed by atoms with E-state index in [0.29, 0.717) is 11.3 Å². The number of nitrogens with zero attached hydrogens (tertiary/aromatic N) is 4. The van der Waals surface area contributed by atoms with Gasteiger partial charge in [-0.3, -0.25) is 14.4 Å². The van der Waals surface area contributed by atoms with Crippen molar-refractivity contribution in [2.24, 2.45) is 0 Å². The molecular weight excluding hydrogens is 473 g/mol. The highest BCUT2D eigenvalue weighted by molar-refractivity contribution is 5.95. The molecule has 3 aromatic rings. The molecule has 10 heteroatoms.